The smallest absolute Gasteiger partial charge is 0.191 e. The number of nitrogens with one attached hydrogen (secondary N) is 2. The lowest BCUT2D eigenvalue weighted by molar-refractivity contribution is 0.172. The van der Waals surface area contributed by atoms with Crippen LogP contribution in [0.3, 0.4) is 0 Å². The van der Waals surface area contributed by atoms with Crippen LogP contribution in [0.5, 0.6) is 5.75 Å². The molecule has 0 atom stereocenters. The van der Waals surface area contributed by atoms with Crippen LogP contribution in [0, 0.1) is 6.92 Å². The van der Waals surface area contributed by atoms with E-state index in [0.29, 0.717) is 19.8 Å². The molecule has 0 unspecified atom stereocenters. The predicted molar refractivity (Wildman–Crippen MR) is 107 cm³/mol. The van der Waals surface area contributed by atoms with Gasteiger partial charge < -0.3 is 20.1 Å². The van der Waals surface area contributed by atoms with Crippen LogP contribution >= 0.6 is 0 Å². The molecule has 0 saturated carbocycles. The molecule has 2 N–H and O–H groups in total. The lowest BCUT2D eigenvalue weighted by Gasteiger charge is -2.14. The maximum atomic E-state index is 5.75. The first-order chi connectivity index (χ1) is 12.7. The number of ether oxygens (including phenoxy) is 2. The van der Waals surface area contributed by atoms with Gasteiger partial charge in [-0.15, -0.1) is 0 Å². The highest BCUT2D eigenvalue weighted by Gasteiger charge is 2.02. The molecule has 0 radical (unpaired) electrons. The largest absolute Gasteiger partial charge is 0.493 e. The summed E-state index contributed by atoms with van der Waals surface area (Å²) in [4.78, 5) is 4.29. The summed E-state index contributed by atoms with van der Waals surface area (Å²) in [7, 11) is 3.48. The van der Waals surface area contributed by atoms with Crippen molar-refractivity contribution in [2.45, 2.75) is 26.4 Å². The van der Waals surface area contributed by atoms with Crippen molar-refractivity contribution in [3.63, 3.8) is 0 Å². The molecule has 140 valence electrons. The molecule has 2 aromatic carbocycles. The fourth-order valence-corrected chi connectivity index (χ4v) is 2.53. The number of methoxy groups -OCH3 is 1. The fraction of sp³-hybridized carbons (Fsp3) is 0.381. The SMILES string of the molecule is CN=C(NCc1cccc(OCCCOC)c1)NCc1ccccc1C. The fourth-order valence-electron chi connectivity index (χ4n) is 2.53. The van der Waals surface area contributed by atoms with E-state index in [4.69, 9.17) is 9.47 Å². The van der Waals surface area contributed by atoms with Gasteiger partial charge in [-0.3, -0.25) is 4.99 Å². The van der Waals surface area contributed by atoms with Crippen LogP contribution in [0.1, 0.15) is 23.1 Å². The third-order valence-electron chi connectivity index (χ3n) is 4.05. The van der Waals surface area contributed by atoms with Crippen LogP contribution in [0.4, 0.5) is 0 Å². The molecule has 0 fully saturated rings. The maximum absolute atomic E-state index is 5.75. The summed E-state index contributed by atoms with van der Waals surface area (Å²) in [5.41, 5.74) is 3.68. The molecule has 0 aliphatic heterocycles. The van der Waals surface area contributed by atoms with E-state index in [1.807, 2.05) is 12.1 Å². The van der Waals surface area contributed by atoms with Crippen molar-refractivity contribution in [3.05, 3.63) is 65.2 Å². The van der Waals surface area contributed by atoms with Gasteiger partial charge in [-0.25, -0.2) is 0 Å². The number of aryl methyl sites for hydroxylation is 1. The van der Waals surface area contributed by atoms with Crippen LogP contribution in [0.2, 0.25) is 0 Å². The minimum absolute atomic E-state index is 0.657. The Hall–Kier alpha value is -2.53. The van der Waals surface area contributed by atoms with Crippen LogP contribution in [-0.2, 0) is 17.8 Å². The summed E-state index contributed by atoms with van der Waals surface area (Å²) in [5, 5.41) is 6.70. The van der Waals surface area contributed by atoms with E-state index in [1.54, 1.807) is 14.2 Å². The summed E-state index contributed by atoms with van der Waals surface area (Å²) in [6, 6.07) is 16.5. The van der Waals surface area contributed by atoms with Crippen LogP contribution in [0.25, 0.3) is 0 Å². The second-order valence-electron chi connectivity index (χ2n) is 6.05. The zero-order valence-electron chi connectivity index (χ0n) is 15.9. The molecular weight excluding hydrogens is 326 g/mol. The maximum Gasteiger partial charge on any atom is 0.191 e. The van der Waals surface area contributed by atoms with Crippen LogP contribution in [0.15, 0.2) is 53.5 Å². The second kappa shape index (κ2) is 11.2. The Labute approximate surface area is 156 Å². The Morgan fingerprint density at radius 2 is 1.81 bits per heavy atom. The molecule has 0 spiro atoms. The highest BCUT2D eigenvalue weighted by Crippen LogP contribution is 2.13. The zero-order valence-corrected chi connectivity index (χ0v) is 15.9. The molecule has 0 bridgehead atoms. The molecule has 5 heteroatoms. The molecule has 2 rings (SSSR count). The Kier molecular flexibility index (Phi) is 8.49. The number of aliphatic imine (C=N–C) groups is 1. The number of rotatable bonds is 9. The molecule has 2 aromatic rings. The molecule has 0 aliphatic rings. The molecule has 0 heterocycles. The van der Waals surface area contributed by atoms with Crippen LogP contribution < -0.4 is 15.4 Å². The standard InChI is InChI=1S/C21H29N3O2/c1-17-8-4-5-10-19(17)16-24-21(22-2)23-15-18-9-6-11-20(14-18)26-13-7-12-25-3/h4-6,8-11,14H,7,12-13,15-16H2,1-3H3,(H2,22,23,24). The van der Waals surface area contributed by atoms with Crippen molar-refractivity contribution in [2.75, 3.05) is 27.4 Å². The summed E-state index contributed by atoms with van der Waals surface area (Å²) < 4.78 is 10.8. The molecule has 0 saturated heterocycles. The van der Waals surface area contributed by atoms with Gasteiger partial charge in [0, 0.05) is 40.3 Å². The van der Waals surface area contributed by atoms with Gasteiger partial charge in [0.25, 0.3) is 0 Å². The highest BCUT2D eigenvalue weighted by molar-refractivity contribution is 5.79. The van der Waals surface area contributed by atoms with Gasteiger partial charge >= 0.3 is 0 Å². The van der Waals surface area contributed by atoms with E-state index in [9.17, 15) is 0 Å². The lowest BCUT2D eigenvalue weighted by Crippen LogP contribution is -2.36. The van der Waals surface area contributed by atoms with Gasteiger partial charge in [-0.05, 0) is 35.7 Å². The Balaban J connectivity index is 1.81. The van der Waals surface area contributed by atoms with E-state index < -0.39 is 0 Å². The third kappa shape index (κ3) is 6.76. The minimum Gasteiger partial charge on any atom is -0.493 e. The summed E-state index contributed by atoms with van der Waals surface area (Å²) in [6.07, 6.45) is 0.883. The van der Waals surface area contributed by atoms with Crippen LogP contribution in [-0.4, -0.2) is 33.3 Å². The van der Waals surface area contributed by atoms with Crippen molar-refractivity contribution in [2.24, 2.45) is 4.99 Å². The monoisotopic (exact) mass is 355 g/mol. The first-order valence-corrected chi connectivity index (χ1v) is 8.92. The lowest BCUT2D eigenvalue weighted by atomic mass is 10.1. The Morgan fingerprint density at radius 1 is 1.00 bits per heavy atom. The second-order valence-corrected chi connectivity index (χ2v) is 6.05. The average molecular weight is 355 g/mol. The van der Waals surface area contributed by atoms with Gasteiger partial charge in [-0.2, -0.15) is 0 Å². The summed E-state index contributed by atoms with van der Waals surface area (Å²) >= 11 is 0. The average Bonchev–Trinajstić information content (AvgIpc) is 2.67. The Bertz CT molecular complexity index is 701. The van der Waals surface area contributed by atoms with E-state index in [1.165, 1.54) is 11.1 Å². The van der Waals surface area contributed by atoms with E-state index >= 15 is 0 Å². The Morgan fingerprint density at radius 3 is 2.58 bits per heavy atom. The number of nitrogens with zero attached hydrogens (tertiary/aromatic N) is 1. The zero-order chi connectivity index (χ0) is 18.6. The van der Waals surface area contributed by atoms with E-state index in [2.05, 4.69) is 58.9 Å². The molecule has 0 aliphatic carbocycles. The molecule has 0 aromatic heterocycles. The normalized spacial score (nSPS) is 11.3. The third-order valence-corrected chi connectivity index (χ3v) is 4.05. The minimum atomic E-state index is 0.657. The first kappa shape index (κ1) is 19.8. The van der Waals surface area contributed by atoms with Gasteiger partial charge in [-0.1, -0.05) is 36.4 Å². The molecular formula is C21H29N3O2. The molecule has 5 nitrogen and oxygen atoms in total. The van der Waals surface area contributed by atoms with Gasteiger partial charge in [0.2, 0.25) is 0 Å². The van der Waals surface area contributed by atoms with Gasteiger partial charge in [0.15, 0.2) is 5.96 Å². The van der Waals surface area contributed by atoms with E-state index in [-0.39, 0.29) is 0 Å². The number of guanidine groups is 1. The van der Waals surface area contributed by atoms with Gasteiger partial charge in [0.1, 0.15) is 5.75 Å². The van der Waals surface area contributed by atoms with Crippen molar-refractivity contribution < 1.29 is 9.47 Å². The van der Waals surface area contributed by atoms with Crippen molar-refractivity contribution in [1.82, 2.24) is 10.6 Å². The first-order valence-electron chi connectivity index (χ1n) is 8.92. The number of benzene rings is 2. The quantitative estimate of drug-likeness (QED) is 0.412. The van der Waals surface area contributed by atoms with Crippen molar-refractivity contribution in [3.8, 4) is 5.75 Å². The number of hydrogen-bond donors (Lipinski definition) is 2. The van der Waals surface area contributed by atoms with Crippen molar-refractivity contribution >= 4 is 5.96 Å². The summed E-state index contributed by atoms with van der Waals surface area (Å²) in [5.74, 6) is 1.66. The topological polar surface area (TPSA) is 54.9 Å². The van der Waals surface area contributed by atoms with Crippen molar-refractivity contribution in [1.29, 1.82) is 0 Å². The highest BCUT2D eigenvalue weighted by atomic mass is 16.5. The summed E-state index contributed by atoms with van der Waals surface area (Å²) in [6.45, 7) is 4.91. The van der Waals surface area contributed by atoms with E-state index in [0.717, 1.165) is 30.2 Å². The predicted octanol–water partition coefficient (Wildman–Crippen LogP) is 3.28. The molecule has 0 amide bonds. The van der Waals surface area contributed by atoms with Gasteiger partial charge in [0.05, 0.1) is 6.61 Å². The molecule has 26 heavy (non-hydrogen) atoms. The number of hydrogen-bond acceptors (Lipinski definition) is 3.